The molecule has 3 aliphatic heterocycles. The first kappa shape index (κ1) is 22.4. The highest BCUT2D eigenvalue weighted by Crippen LogP contribution is 2.48. The summed E-state index contributed by atoms with van der Waals surface area (Å²) in [6.45, 7) is 0.623. The van der Waals surface area contributed by atoms with Crippen LogP contribution < -0.4 is 18.9 Å². The highest BCUT2D eigenvalue weighted by Gasteiger charge is 2.53. The van der Waals surface area contributed by atoms with Crippen molar-refractivity contribution in [1.29, 1.82) is 0 Å². The molecule has 3 atom stereocenters. The molecule has 2 aromatic rings. The summed E-state index contributed by atoms with van der Waals surface area (Å²) in [5.41, 5.74) is 2.57. The van der Waals surface area contributed by atoms with Crippen molar-refractivity contribution >= 4 is 11.8 Å². The summed E-state index contributed by atoms with van der Waals surface area (Å²) >= 11 is 0. The zero-order valence-electron chi connectivity index (χ0n) is 20.0. The monoisotopic (exact) mass is 466 g/mol. The van der Waals surface area contributed by atoms with Gasteiger partial charge in [-0.3, -0.25) is 9.59 Å². The van der Waals surface area contributed by atoms with Crippen molar-refractivity contribution in [3.8, 4) is 23.0 Å². The van der Waals surface area contributed by atoms with Crippen LogP contribution in [0.3, 0.4) is 0 Å². The summed E-state index contributed by atoms with van der Waals surface area (Å²) in [5, 5.41) is 0. The van der Waals surface area contributed by atoms with E-state index in [0.717, 1.165) is 36.1 Å². The molecular formula is C26H30N2O6. The van der Waals surface area contributed by atoms with Gasteiger partial charge in [0.25, 0.3) is 5.91 Å². The van der Waals surface area contributed by atoms with Gasteiger partial charge in [0.15, 0.2) is 11.5 Å². The molecule has 0 saturated carbocycles. The minimum Gasteiger partial charge on any atom is -0.497 e. The van der Waals surface area contributed by atoms with Gasteiger partial charge in [0.05, 0.1) is 40.5 Å². The highest BCUT2D eigenvalue weighted by atomic mass is 16.5. The van der Waals surface area contributed by atoms with Crippen molar-refractivity contribution in [2.24, 2.45) is 0 Å². The lowest BCUT2D eigenvalue weighted by atomic mass is 9.78. The van der Waals surface area contributed by atoms with Crippen LogP contribution in [-0.4, -0.2) is 68.7 Å². The Labute approximate surface area is 199 Å². The lowest BCUT2D eigenvalue weighted by molar-refractivity contribution is -0.153. The van der Waals surface area contributed by atoms with Crippen LogP contribution in [0, 0.1) is 0 Å². The Balaban J connectivity index is 1.59. The number of methoxy groups -OCH3 is 4. The van der Waals surface area contributed by atoms with E-state index in [1.54, 1.807) is 46.6 Å². The molecule has 2 fully saturated rings. The second kappa shape index (κ2) is 8.74. The average molecular weight is 467 g/mol. The van der Waals surface area contributed by atoms with Crippen LogP contribution in [0.25, 0.3) is 0 Å². The van der Waals surface area contributed by atoms with E-state index in [-0.39, 0.29) is 23.9 Å². The number of benzene rings is 2. The summed E-state index contributed by atoms with van der Waals surface area (Å²) in [6, 6.07) is 8.19. The van der Waals surface area contributed by atoms with E-state index in [9.17, 15) is 9.59 Å². The summed E-state index contributed by atoms with van der Waals surface area (Å²) in [7, 11) is 6.37. The molecule has 2 bridgehead atoms. The van der Waals surface area contributed by atoms with Crippen molar-refractivity contribution in [3.05, 3.63) is 47.0 Å². The number of nitrogens with zero attached hydrogens (tertiary/aromatic N) is 2. The largest absolute Gasteiger partial charge is 0.497 e. The molecule has 5 rings (SSSR count). The van der Waals surface area contributed by atoms with Gasteiger partial charge in [0.2, 0.25) is 5.91 Å². The highest BCUT2D eigenvalue weighted by molar-refractivity contribution is 5.99. The first-order chi connectivity index (χ1) is 16.5. The van der Waals surface area contributed by atoms with Crippen LogP contribution in [-0.2, 0) is 11.2 Å². The molecule has 0 aromatic heterocycles. The molecule has 2 aromatic carbocycles. The number of rotatable bonds is 5. The lowest BCUT2D eigenvalue weighted by Crippen LogP contribution is -2.67. The maximum absolute atomic E-state index is 13.9. The van der Waals surface area contributed by atoms with E-state index in [0.29, 0.717) is 35.8 Å². The molecule has 8 nitrogen and oxygen atoms in total. The predicted octanol–water partition coefficient (Wildman–Crippen LogP) is 3.22. The fourth-order valence-corrected chi connectivity index (χ4v) is 5.85. The molecule has 0 radical (unpaired) electrons. The van der Waals surface area contributed by atoms with E-state index in [1.807, 2.05) is 21.9 Å². The minimum atomic E-state index is -0.457. The van der Waals surface area contributed by atoms with Gasteiger partial charge in [-0.1, -0.05) is 0 Å². The van der Waals surface area contributed by atoms with Crippen molar-refractivity contribution < 1.29 is 28.5 Å². The van der Waals surface area contributed by atoms with Gasteiger partial charge in [-0.05, 0) is 55.5 Å². The van der Waals surface area contributed by atoms with Crippen LogP contribution >= 0.6 is 0 Å². The first-order valence-electron chi connectivity index (χ1n) is 11.6. The number of hydrogen-bond acceptors (Lipinski definition) is 6. The number of amides is 2. The molecule has 0 spiro atoms. The molecule has 2 amide bonds. The fourth-order valence-electron chi connectivity index (χ4n) is 5.85. The van der Waals surface area contributed by atoms with Gasteiger partial charge in [-0.15, -0.1) is 0 Å². The lowest BCUT2D eigenvalue weighted by Gasteiger charge is -2.55. The van der Waals surface area contributed by atoms with E-state index >= 15 is 0 Å². The Bertz CT molecular complexity index is 1120. The molecule has 3 unspecified atom stereocenters. The molecule has 8 heteroatoms. The van der Waals surface area contributed by atoms with Crippen LogP contribution in [0.15, 0.2) is 30.3 Å². The van der Waals surface area contributed by atoms with Gasteiger partial charge in [-0.2, -0.15) is 0 Å². The van der Waals surface area contributed by atoms with E-state index in [2.05, 4.69) is 0 Å². The standard InChI is InChI=1S/C26H30N2O6/c1-31-17-12-15-10-11-27-24(23(15)22(14-17)34-4)18-6-5-7-19(26(27)30)28(18)25(29)16-8-9-20(32-2)21(13-16)33-3/h8-9,12-14,18-19,24H,5-7,10-11H2,1-4H3. The number of carbonyl (C=O) groups excluding carboxylic acids is 2. The summed E-state index contributed by atoms with van der Waals surface area (Å²) < 4.78 is 22.0. The molecule has 0 N–H and O–H groups in total. The normalized spacial score (nSPS) is 23.1. The van der Waals surface area contributed by atoms with Gasteiger partial charge in [0.1, 0.15) is 17.5 Å². The van der Waals surface area contributed by atoms with Crippen LogP contribution in [0.4, 0.5) is 0 Å². The number of carbonyl (C=O) groups is 2. The molecule has 180 valence electrons. The number of hydrogen-bond donors (Lipinski definition) is 0. The van der Waals surface area contributed by atoms with Crippen LogP contribution in [0.1, 0.15) is 46.8 Å². The summed E-state index contributed by atoms with van der Waals surface area (Å²) in [4.78, 5) is 31.3. The molecular weight excluding hydrogens is 436 g/mol. The summed E-state index contributed by atoms with van der Waals surface area (Å²) in [5.74, 6) is 2.31. The molecule has 34 heavy (non-hydrogen) atoms. The zero-order chi connectivity index (χ0) is 24.0. The SMILES string of the molecule is COc1cc2c(c(OC)c1)C1C3CCCC(C(=O)N1CC2)N3C(=O)c1ccc(OC)c(OC)c1. The Morgan fingerprint density at radius 3 is 2.38 bits per heavy atom. The molecule has 3 aliphatic rings. The minimum absolute atomic E-state index is 0.0123. The number of ether oxygens (including phenoxy) is 4. The van der Waals surface area contributed by atoms with Crippen LogP contribution in [0.5, 0.6) is 23.0 Å². The third kappa shape index (κ3) is 3.35. The smallest absolute Gasteiger partial charge is 0.255 e. The predicted molar refractivity (Wildman–Crippen MR) is 125 cm³/mol. The van der Waals surface area contributed by atoms with Gasteiger partial charge in [0, 0.05) is 23.7 Å². The maximum Gasteiger partial charge on any atom is 0.255 e. The van der Waals surface area contributed by atoms with Gasteiger partial charge < -0.3 is 28.7 Å². The zero-order valence-corrected chi connectivity index (χ0v) is 20.0. The average Bonchev–Trinajstić information content (AvgIpc) is 2.89. The molecule has 2 saturated heterocycles. The Morgan fingerprint density at radius 2 is 1.68 bits per heavy atom. The van der Waals surface area contributed by atoms with Crippen LogP contribution in [0.2, 0.25) is 0 Å². The number of fused-ring (bicyclic) bond motifs is 6. The third-order valence-corrected chi connectivity index (χ3v) is 7.38. The number of piperidine rings is 1. The maximum atomic E-state index is 13.9. The summed E-state index contributed by atoms with van der Waals surface area (Å²) in [6.07, 6.45) is 3.12. The number of piperazine rings is 1. The third-order valence-electron chi connectivity index (χ3n) is 7.38. The molecule has 3 heterocycles. The molecule has 0 aliphatic carbocycles. The quantitative estimate of drug-likeness (QED) is 0.674. The van der Waals surface area contributed by atoms with Crippen molar-refractivity contribution in [3.63, 3.8) is 0 Å². The Kier molecular flexibility index (Phi) is 5.75. The second-order valence-electron chi connectivity index (χ2n) is 8.93. The fraction of sp³-hybridized carbons (Fsp3) is 0.462. The second-order valence-corrected chi connectivity index (χ2v) is 8.93. The van der Waals surface area contributed by atoms with Crippen molar-refractivity contribution in [1.82, 2.24) is 9.80 Å². The van der Waals surface area contributed by atoms with Crippen molar-refractivity contribution in [2.45, 2.75) is 43.8 Å². The van der Waals surface area contributed by atoms with E-state index in [1.165, 1.54) is 0 Å². The van der Waals surface area contributed by atoms with E-state index < -0.39 is 6.04 Å². The van der Waals surface area contributed by atoms with Gasteiger partial charge >= 0.3 is 0 Å². The van der Waals surface area contributed by atoms with Gasteiger partial charge in [-0.25, -0.2) is 0 Å². The topological polar surface area (TPSA) is 77.5 Å². The Hall–Kier alpha value is -3.42. The first-order valence-corrected chi connectivity index (χ1v) is 11.6. The Morgan fingerprint density at radius 1 is 0.912 bits per heavy atom. The van der Waals surface area contributed by atoms with E-state index in [4.69, 9.17) is 18.9 Å². The van der Waals surface area contributed by atoms with Crippen molar-refractivity contribution in [2.75, 3.05) is 35.0 Å².